The molecule has 0 bridgehead atoms. The van der Waals surface area contributed by atoms with Crippen LogP contribution in [0.1, 0.15) is 0 Å². The lowest BCUT2D eigenvalue weighted by atomic mass is 10.3. The maximum Gasteiger partial charge on any atom is 0.325 e. The number of carbonyl (C=O) groups is 1. The SMILES string of the molecule is C=CCSc1nnc(NC(=O)Nc2ccc(Br)cc2)s1. The lowest BCUT2D eigenvalue weighted by Gasteiger charge is -2.04. The van der Waals surface area contributed by atoms with E-state index >= 15 is 0 Å². The van der Waals surface area contributed by atoms with E-state index < -0.39 is 0 Å². The number of nitrogens with one attached hydrogen (secondary N) is 2. The van der Waals surface area contributed by atoms with Gasteiger partial charge in [0.1, 0.15) is 0 Å². The van der Waals surface area contributed by atoms with E-state index in [1.165, 1.54) is 23.1 Å². The fourth-order valence-corrected chi connectivity index (χ4v) is 3.01. The first-order chi connectivity index (χ1) is 9.67. The molecule has 0 atom stereocenters. The molecule has 2 aromatic rings. The van der Waals surface area contributed by atoms with Crippen LogP contribution in [0.5, 0.6) is 0 Å². The molecule has 1 aromatic heterocycles. The van der Waals surface area contributed by atoms with E-state index in [9.17, 15) is 4.79 Å². The van der Waals surface area contributed by atoms with Gasteiger partial charge >= 0.3 is 6.03 Å². The first-order valence-electron chi connectivity index (χ1n) is 5.58. The van der Waals surface area contributed by atoms with Crippen molar-refractivity contribution in [1.29, 1.82) is 0 Å². The molecule has 0 aliphatic rings. The molecule has 8 heteroatoms. The van der Waals surface area contributed by atoms with Crippen molar-refractivity contribution in [2.45, 2.75) is 4.34 Å². The van der Waals surface area contributed by atoms with Crippen molar-refractivity contribution in [3.05, 3.63) is 41.4 Å². The Morgan fingerprint density at radius 2 is 2.10 bits per heavy atom. The summed E-state index contributed by atoms with van der Waals surface area (Å²) in [4.78, 5) is 11.8. The lowest BCUT2D eigenvalue weighted by molar-refractivity contribution is 0.262. The number of anilines is 2. The first-order valence-corrected chi connectivity index (χ1v) is 8.17. The maximum atomic E-state index is 11.8. The summed E-state index contributed by atoms with van der Waals surface area (Å²) in [5.74, 6) is 0.764. The molecule has 0 saturated carbocycles. The highest BCUT2D eigenvalue weighted by Crippen LogP contribution is 2.25. The van der Waals surface area contributed by atoms with Gasteiger partial charge in [-0.3, -0.25) is 5.32 Å². The van der Waals surface area contributed by atoms with Gasteiger partial charge in [0.25, 0.3) is 0 Å². The number of halogens is 1. The number of rotatable bonds is 5. The third-order valence-corrected chi connectivity index (χ3v) is 4.55. The molecule has 0 aliphatic carbocycles. The molecule has 0 fully saturated rings. The minimum atomic E-state index is -0.344. The number of aromatic nitrogens is 2. The summed E-state index contributed by atoms with van der Waals surface area (Å²) in [5.41, 5.74) is 0.705. The molecule has 0 saturated heterocycles. The van der Waals surface area contributed by atoms with E-state index in [-0.39, 0.29) is 6.03 Å². The van der Waals surface area contributed by atoms with Crippen LogP contribution < -0.4 is 10.6 Å². The molecular formula is C12H11BrN4OS2. The highest BCUT2D eigenvalue weighted by molar-refractivity contribution is 9.10. The van der Waals surface area contributed by atoms with Gasteiger partial charge in [-0.1, -0.05) is 45.1 Å². The Hall–Kier alpha value is -1.38. The predicted octanol–water partition coefficient (Wildman–Crippen LogP) is 4.22. The predicted molar refractivity (Wildman–Crippen MR) is 87.6 cm³/mol. The Kier molecular flexibility index (Phi) is 5.57. The van der Waals surface area contributed by atoms with Crippen molar-refractivity contribution < 1.29 is 4.79 Å². The van der Waals surface area contributed by atoms with Crippen LogP contribution in [-0.2, 0) is 0 Å². The quantitative estimate of drug-likeness (QED) is 0.469. The van der Waals surface area contributed by atoms with Gasteiger partial charge in [-0.25, -0.2) is 4.79 Å². The van der Waals surface area contributed by atoms with E-state index in [1.54, 1.807) is 18.2 Å². The Morgan fingerprint density at radius 3 is 2.80 bits per heavy atom. The van der Waals surface area contributed by atoms with E-state index in [1.807, 2.05) is 12.1 Å². The molecule has 1 heterocycles. The summed E-state index contributed by atoms with van der Waals surface area (Å²) < 4.78 is 1.75. The van der Waals surface area contributed by atoms with Crippen molar-refractivity contribution in [3.63, 3.8) is 0 Å². The average Bonchev–Trinajstić information content (AvgIpc) is 2.86. The number of hydrogen-bond acceptors (Lipinski definition) is 5. The Morgan fingerprint density at radius 1 is 1.35 bits per heavy atom. The second kappa shape index (κ2) is 7.41. The molecule has 0 radical (unpaired) electrons. The number of benzene rings is 1. The molecule has 0 unspecified atom stereocenters. The van der Waals surface area contributed by atoms with Crippen LogP contribution in [0.25, 0.3) is 0 Å². The van der Waals surface area contributed by atoms with Gasteiger partial charge in [-0.2, -0.15) is 0 Å². The van der Waals surface area contributed by atoms with Gasteiger partial charge in [0, 0.05) is 15.9 Å². The fourth-order valence-electron chi connectivity index (χ4n) is 1.24. The first kappa shape index (κ1) is 15.0. The second-order valence-corrected chi connectivity index (χ2v) is 6.72. The van der Waals surface area contributed by atoms with Crippen LogP contribution in [0, 0.1) is 0 Å². The number of urea groups is 1. The molecule has 20 heavy (non-hydrogen) atoms. The van der Waals surface area contributed by atoms with Crippen LogP contribution >= 0.6 is 39.0 Å². The highest BCUT2D eigenvalue weighted by atomic mass is 79.9. The topological polar surface area (TPSA) is 66.9 Å². The van der Waals surface area contributed by atoms with Crippen molar-refractivity contribution in [1.82, 2.24) is 10.2 Å². The zero-order valence-electron chi connectivity index (χ0n) is 10.3. The minimum Gasteiger partial charge on any atom is -0.308 e. The summed E-state index contributed by atoms with van der Waals surface area (Å²) in [6.45, 7) is 3.64. The van der Waals surface area contributed by atoms with Crippen molar-refractivity contribution in [2.75, 3.05) is 16.4 Å². The van der Waals surface area contributed by atoms with E-state index in [2.05, 4.69) is 43.3 Å². The summed E-state index contributed by atoms with van der Waals surface area (Å²) >= 11 is 6.19. The molecule has 1 aromatic carbocycles. The zero-order valence-corrected chi connectivity index (χ0v) is 13.5. The van der Waals surface area contributed by atoms with Crippen LogP contribution in [0.15, 0.2) is 45.7 Å². The Balaban J connectivity index is 1.89. The largest absolute Gasteiger partial charge is 0.325 e. The van der Waals surface area contributed by atoms with E-state index in [0.29, 0.717) is 10.8 Å². The third-order valence-electron chi connectivity index (χ3n) is 2.05. The lowest BCUT2D eigenvalue weighted by Crippen LogP contribution is -2.19. The molecular weight excluding hydrogens is 360 g/mol. The van der Waals surface area contributed by atoms with E-state index in [0.717, 1.165) is 14.6 Å². The molecule has 0 aliphatic heterocycles. The Bertz CT molecular complexity index is 600. The molecule has 2 rings (SSSR count). The van der Waals surface area contributed by atoms with Gasteiger partial charge in [-0.15, -0.1) is 16.8 Å². The molecule has 2 amide bonds. The molecule has 2 N–H and O–H groups in total. The molecule has 104 valence electrons. The normalized spacial score (nSPS) is 10.1. The molecule has 5 nitrogen and oxygen atoms in total. The number of nitrogens with zero attached hydrogens (tertiary/aromatic N) is 2. The van der Waals surface area contributed by atoms with Gasteiger partial charge in [0.05, 0.1) is 0 Å². The number of carbonyl (C=O) groups excluding carboxylic acids is 1. The molecule has 0 spiro atoms. The van der Waals surface area contributed by atoms with Crippen molar-refractivity contribution in [2.24, 2.45) is 0 Å². The summed E-state index contributed by atoms with van der Waals surface area (Å²) in [6.07, 6.45) is 1.79. The zero-order chi connectivity index (χ0) is 14.4. The average molecular weight is 371 g/mol. The van der Waals surface area contributed by atoms with Gasteiger partial charge < -0.3 is 5.32 Å². The van der Waals surface area contributed by atoms with Crippen molar-refractivity contribution >= 4 is 55.9 Å². The smallest absolute Gasteiger partial charge is 0.308 e. The van der Waals surface area contributed by atoms with Crippen LogP contribution in [0.3, 0.4) is 0 Å². The van der Waals surface area contributed by atoms with Crippen LogP contribution in [0.2, 0.25) is 0 Å². The maximum absolute atomic E-state index is 11.8. The van der Waals surface area contributed by atoms with Gasteiger partial charge in [0.15, 0.2) is 4.34 Å². The van der Waals surface area contributed by atoms with Crippen molar-refractivity contribution in [3.8, 4) is 0 Å². The van der Waals surface area contributed by atoms with Gasteiger partial charge in [0.2, 0.25) is 5.13 Å². The van der Waals surface area contributed by atoms with Gasteiger partial charge in [-0.05, 0) is 24.3 Å². The second-order valence-electron chi connectivity index (χ2n) is 3.56. The summed E-state index contributed by atoms with van der Waals surface area (Å²) in [6, 6.07) is 6.96. The third kappa shape index (κ3) is 4.62. The van der Waals surface area contributed by atoms with E-state index in [4.69, 9.17) is 0 Å². The number of amides is 2. The fraction of sp³-hybridized carbons (Fsp3) is 0.0833. The van der Waals surface area contributed by atoms with Crippen LogP contribution in [0.4, 0.5) is 15.6 Å². The number of thioether (sulfide) groups is 1. The Labute approximate surface area is 133 Å². The monoisotopic (exact) mass is 370 g/mol. The highest BCUT2D eigenvalue weighted by Gasteiger charge is 2.08. The summed E-state index contributed by atoms with van der Waals surface area (Å²) in [5, 5.41) is 13.7. The minimum absolute atomic E-state index is 0.344. The summed E-state index contributed by atoms with van der Waals surface area (Å²) in [7, 11) is 0. The standard InChI is InChI=1S/C12H11BrN4OS2/c1-2-7-19-12-17-16-11(20-12)15-10(18)14-9-5-3-8(13)4-6-9/h2-6H,1,7H2,(H2,14,15,16,18). The van der Waals surface area contributed by atoms with Crippen LogP contribution in [-0.4, -0.2) is 22.0 Å². The number of hydrogen-bond donors (Lipinski definition) is 2.